The average Bonchev–Trinajstić information content (AvgIpc) is 2.49. The van der Waals surface area contributed by atoms with E-state index >= 15 is 0 Å². The van der Waals surface area contributed by atoms with E-state index < -0.39 is 0 Å². The van der Waals surface area contributed by atoms with E-state index in [0.717, 1.165) is 18.4 Å². The van der Waals surface area contributed by atoms with Gasteiger partial charge in [0, 0.05) is 19.1 Å². The van der Waals surface area contributed by atoms with Crippen LogP contribution < -0.4 is 5.73 Å². The predicted octanol–water partition coefficient (Wildman–Crippen LogP) is 4.55. The highest BCUT2D eigenvalue weighted by Crippen LogP contribution is 2.40. The van der Waals surface area contributed by atoms with E-state index in [0.29, 0.717) is 16.7 Å². The van der Waals surface area contributed by atoms with Gasteiger partial charge in [-0.1, -0.05) is 47.5 Å². The molecule has 0 amide bonds. The van der Waals surface area contributed by atoms with Crippen LogP contribution >= 0.6 is 23.2 Å². The van der Waals surface area contributed by atoms with Crippen molar-refractivity contribution in [1.82, 2.24) is 0 Å². The summed E-state index contributed by atoms with van der Waals surface area (Å²) >= 11 is 12.3. The van der Waals surface area contributed by atoms with Gasteiger partial charge in [-0.15, -0.1) is 0 Å². The van der Waals surface area contributed by atoms with Gasteiger partial charge < -0.3 is 10.5 Å². The van der Waals surface area contributed by atoms with Crippen LogP contribution in [0.1, 0.15) is 34.6 Å². The van der Waals surface area contributed by atoms with Crippen LogP contribution in [-0.2, 0) is 17.8 Å². The number of methoxy groups -OCH3 is 1. The number of benzene rings is 2. The summed E-state index contributed by atoms with van der Waals surface area (Å²) in [6.45, 7) is 0.607. The van der Waals surface area contributed by atoms with Gasteiger partial charge in [-0.3, -0.25) is 0 Å². The first-order valence-electron chi connectivity index (χ1n) is 7.40. The van der Waals surface area contributed by atoms with E-state index in [4.69, 9.17) is 33.7 Å². The summed E-state index contributed by atoms with van der Waals surface area (Å²) in [4.78, 5) is 0. The smallest absolute Gasteiger partial charge is 0.0716 e. The fraction of sp³-hybridized carbons (Fsp3) is 0.333. The van der Waals surface area contributed by atoms with Gasteiger partial charge >= 0.3 is 0 Å². The van der Waals surface area contributed by atoms with Crippen molar-refractivity contribution in [3.8, 4) is 0 Å². The lowest BCUT2D eigenvalue weighted by Crippen LogP contribution is -2.31. The molecule has 0 aliphatic heterocycles. The third-order valence-electron chi connectivity index (χ3n) is 4.30. The molecule has 0 bridgehead atoms. The summed E-state index contributed by atoms with van der Waals surface area (Å²) < 4.78 is 5.37. The highest BCUT2D eigenvalue weighted by molar-refractivity contribution is 6.42. The van der Waals surface area contributed by atoms with Crippen molar-refractivity contribution < 1.29 is 4.74 Å². The van der Waals surface area contributed by atoms with E-state index in [2.05, 4.69) is 18.2 Å². The lowest BCUT2D eigenvalue weighted by molar-refractivity contribution is 0.183. The zero-order chi connectivity index (χ0) is 15.7. The van der Waals surface area contributed by atoms with Gasteiger partial charge in [0.1, 0.15) is 0 Å². The van der Waals surface area contributed by atoms with E-state index in [-0.39, 0.29) is 12.0 Å². The summed E-state index contributed by atoms with van der Waals surface area (Å²) in [6.07, 6.45) is 1.82. The summed E-state index contributed by atoms with van der Waals surface area (Å²) in [7, 11) is 1.72. The molecule has 22 heavy (non-hydrogen) atoms. The molecule has 3 rings (SSSR count). The second-order valence-electron chi connectivity index (χ2n) is 5.85. The van der Waals surface area contributed by atoms with Gasteiger partial charge in [0.2, 0.25) is 0 Å². The molecule has 1 aliphatic rings. The molecule has 2 aromatic rings. The summed E-state index contributed by atoms with van der Waals surface area (Å²) in [5, 5.41) is 1.17. The molecule has 0 saturated heterocycles. The van der Waals surface area contributed by atoms with Crippen molar-refractivity contribution >= 4 is 23.2 Å². The van der Waals surface area contributed by atoms with Crippen LogP contribution in [0.5, 0.6) is 0 Å². The van der Waals surface area contributed by atoms with Crippen LogP contribution in [0.2, 0.25) is 10.0 Å². The van der Waals surface area contributed by atoms with Crippen LogP contribution in [0, 0.1) is 0 Å². The van der Waals surface area contributed by atoms with Crippen LogP contribution in [0.4, 0.5) is 0 Å². The Morgan fingerprint density at radius 1 is 1.18 bits per heavy atom. The number of halogens is 2. The average molecular weight is 336 g/mol. The largest absolute Gasteiger partial charge is 0.380 e. The molecule has 0 radical (unpaired) electrons. The molecule has 0 heterocycles. The third kappa shape index (κ3) is 3.02. The lowest BCUT2D eigenvalue weighted by Gasteiger charge is -2.32. The molecule has 116 valence electrons. The Kier molecular flexibility index (Phi) is 4.74. The fourth-order valence-corrected chi connectivity index (χ4v) is 3.70. The first-order valence-corrected chi connectivity index (χ1v) is 8.16. The van der Waals surface area contributed by atoms with E-state index in [9.17, 15) is 0 Å². The summed E-state index contributed by atoms with van der Waals surface area (Å²) in [5.41, 5.74) is 11.3. The quantitative estimate of drug-likeness (QED) is 0.893. The fourth-order valence-electron chi connectivity index (χ4n) is 3.39. The Morgan fingerprint density at radius 3 is 2.73 bits per heavy atom. The molecule has 2 N–H and O–H groups in total. The second kappa shape index (κ2) is 6.59. The number of nitrogens with two attached hydrogens (primary N) is 1. The molecule has 2 atom stereocenters. The van der Waals surface area contributed by atoms with Gasteiger partial charge in [-0.05, 0) is 47.2 Å². The van der Waals surface area contributed by atoms with Crippen molar-refractivity contribution in [1.29, 1.82) is 0 Å². The summed E-state index contributed by atoms with van der Waals surface area (Å²) in [5.74, 6) is 0.236. The maximum absolute atomic E-state index is 6.28. The van der Waals surface area contributed by atoms with Crippen molar-refractivity contribution in [2.75, 3.05) is 7.11 Å². The van der Waals surface area contributed by atoms with Crippen molar-refractivity contribution in [3.05, 3.63) is 68.7 Å². The van der Waals surface area contributed by atoms with Crippen LogP contribution in [-0.4, -0.2) is 13.2 Å². The Balaban J connectivity index is 2.11. The maximum atomic E-state index is 6.28. The van der Waals surface area contributed by atoms with Crippen LogP contribution in [0.3, 0.4) is 0 Å². The zero-order valence-corrected chi connectivity index (χ0v) is 14.0. The topological polar surface area (TPSA) is 35.2 Å². The standard InChI is InChI=1S/C18H19Cl2NO/c1-22-10-13-4-2-3-12-7-14(21)9-15(18(12)13)11-5-6-16(19)17(20)8-11/h2-6,8,14-15H,7,9-10,21H2,1H3. The molecule has 0 fully saturated rings. The maximum Gasteiger partial charge on any atom is 0.0716 e. The van der Waals surface area contributed by atoms with Gasteiger partial charge in [0.05, 0.1) is 16.7 Å². The number of hydrogen-bond donors (Lipinski definition) is 1. The van der Waals surface area contributed by atoms with Crippen molar-refractivity contribution in [2.45, 2.75) is 31.4 Å². The van der Waals surface area contributed by atoms with Gasteiger partial charge in [-0.25, -0.2) is 0 Å². The van der Waals surface area contributed by atoms with Gasteiger partial charge in [0.15, 0.2) is 0 Å². The van der Waals surface area contributed by atoms with Crippen LogP contribution in [0.15, 0.2) is 36.4 Å². The van der Waals surface area contributed by atoms with Crippen LogP contribution in [0.25, 0.3) is 0 Å². The minimum absolute atomic E-state index is 0.157. The van der Waals surface area contributed by atoms with E-state index in [1.54, 1.807) is 7.11 Å². The predicted molar refractivity (Wildman–Crippen MR) is 91.8 cm³/mol. The van der Waals surface area contributed by atoms with E-state index in [1.165, 1.54) is 16.7 Å². The lowest BCUT2D eigenvalue weighted by atomic mass is 9.75. The summed E-state index contributed by atoms with van der Waals surface area (Å²) in [6, 6.07) is 12.4. The van der Waals surface area contributed by atoms with Gasteiger partial charge in [0.25, 0.3) is 0 Å². The Bertz CT molecular complexity index is 673. The molecule has 2 aromatic carbocycles. The molecule has 2 nitrogen and oxygen atoms in total. The molecule has 0 saturated carbocycles. The Hall–Kier alpha value is -1.06. The number of hydrogen-bond acceptors (Lipinski definition) is 2. The molecule has 0 spiro atoms. The number of ether oxygens (including phenoxy) is 1. The molecular formula is C18H19Cl2NO. The zero-order valence-electron chi connectivity index (χ0n) is 12.5. The number of rotatable bonds is 3. The van der Waals surface area contributed by atoms with Gasteiger partial charge in [-0.2, -0.15) is 0 Å². The molecule has 4 heteroatoms. The monoisotopic (exact) mass is 335 g/mol. The second-order valence-corrected chi connectivity index (χ2v) is 6.66. The Morgan fingerprint density at radius 2 is 2.00 bits per heavy atom. The minimum atomic E-state index is 0.157. The molecular weight excluding hydrogens is 317 g/mol. The molecule has 1 aliphatic carbocycles. The van der Waals surface area contributed by atoms with E-state index in [1.807, 2.05) is 18.2 Å². The Labute approximate surface area is 141 Å². The normalized spacial score (nSPS) is 20.7. The highest BCUT2D eigenvalue weighted by Gasteiger charge is 2.28. The van der Waals surface area contributed by atoms with Crippen molar-refractivity contribution in [2.24, 2.45) is 5.73 Å². The number of fused-ring (bicyclic) bond motifs is 1. The first kappa shape index (κ1) is 15.8. The molecule has 2 unspecified atom stereocenters. The third-order valence-corrected chi connectivity index (χ3v) is 5.04. The van der Waals surface area contributed by atoms with Crippen molar-refractivity contribution in [3.63, 3.8) is 0 Å². The highest BCUT2D eigenvalue weighted by atomic mass is 35.5. The minimum Gasteiger partial charge on any atom is -0.380 e. The first-order chi connectivity index (χ1) is 10.6. The molecule has 0 aromatic heterocycles. The SMILES string of the molecule is COCc1cccc2c1C(c1ccc(Cl)c(Cl)c1)CC(N)C2.